The van der Waals surface area contributed by atoms with E-state index < -0.39 is 6.03 Å². The highest BCUT2D eigenvalue weighted by Gasteiger charge is 2.17. The number of rotatable bonds is 1. The summed E-state index contributed by atoms with van der Waals surface area (Å²) in [5.41, 5.74) is 2.80. The van der Waals surface area contributed by atoms with Gasteiger partial charge in [-0.3, -0.25) is 5.43 Å². The predicted octanol–water partition coefficient (Wildman–Crippen LogP) is 1.11. The Labute approximate surface area is 73.2 Å². The second-order valence-corrected chi connectivity index (χ2v) is 3.55. The van der Waals surface area contributed by atoms with Crippen molar-refractivity contribution in [2.45, 2.75) is 27.7 Å². The molecular weight excluding hydrogens is 154 g/mol. The van der Waals surface area contributed by atoms with E-state index in [9.17, 15) is 4.79 Å². The molecule has 0 aliphatic heterocycles. The van der Waals surface area contributed by atoms with E-state index in [-0.39, 0.29) is 5.41 Å². The van der Waals surface area contributed by atoms with Gasteiger partial charge in [0.05, 0.1) is 0 Å². The first-order valence-electron chi connectivity index (χ1n) is 3.86. The van der Waals surface area contributed by atoms with Gasteiger partial charge in [-0.05, 0) is 6.92 Å². The van der Waals surface area contributed by atoms with Gasteiger partial charge in [0.1, 0.15) is 0 Å². The molecule has 0 rings (SSSR count). The van der Waals surface area contributed by atoms with Crippen molar-refractivity contribution in [1.29, 1.82) is 0 Å². The molecule has 4 nitrogen and oxygen atoms in total. The molecule has 0 radical (unpaired) electrons. The van der Waals surface area contributed by atoms with Crippen molar-refractivity contribution in [3.63, 3.8) is 0 Å². The summed E-state index contributed by atoms with van der Waals surface area (Å²) in [5, 5.41) is 2.64. The molecule has 0 aliphatic rings. The zero-order chi connectivity index (χ0) is 9.78. The van der Waals surface area contributed by atoms with Crippen LogP contribution in [0.15, 0.2) is 11.8 Å². The van der Waals surface area contributed by atoms with E-state index in [2.05, 4.69) is 5.32 Å². The maximum absolute atomic E-state index is 10.8. The highest BCUT2D eigenvalue weighted by atomic mass is 16.2. The van der Waals surface area contributed by atoms with Gasteiger partial charge in [-0.25, -0.2) is 10.6 Å². The van der Waals surface area contributed by atoms with Crippen LogP contribution in [0.4, 0.5) is 4.79 Å². The van der Waals surface area contributed by atoms with E-state index in [0.29, 0.717) is 0 Å². The second kappa shape index (κ2) is 4.11. The molecular formula is C8H17N3O. The van der Waals surface area contributed by atoms with Crippen LogP contribution in [0.25, 0.3) is 0 Å². The van der Waals surface area contributed by atoms with Gasteiger partial charge in [0.2, 0.25) is 0 Å². The Hall–Kier alpha value is -1.03. The molecule has 0 aromatic carbocycles. The zero-order valence-corrected chi connectivity index (χ0v) is 8.06. The number of amides is 2. The Bertz CT molecular complexity index is 191. The number of nitrogens with two attached hydrogens (primary N) is 1. The summed E-state index contributed by atoms with van der Waals surface area (Å²) in [5.74, 6) is 4.93. The minimum Gasteiger partial charge on any atom is -0.310 e. The van der Waals surface area contributed by atoms with Crippen LogP contribution in [-0.4, -0.2) is 6.03 Å². The van der Waals surface area contributed by atoms with Crippen molar-refractivity contribution in [3.05, 3.63) is 11.8 Å². The lowest BCUT2D eigenvalue weighted by Crippen LogP contribution is -2.41. The molecule has 0 fully saturated rings. The molecule has 12 heavy (non-hydrogen) atoms. The van der Waals surface area contributed by atoms with Gasteiger partial charge in [-0.1, -0.05) is 26.8 Å². The molecule has 0 atom stereocenters. The zero-order valence-electron chi connectivity index (χ0n) is 8.06. The molecule has 0 saturated carbocycles. The molecule has 0 aliphatic carbocycles. The van der Waals surface area contributed by atoms with E-state index in [4.69, 9.17) is 5.84 Å². The van der Waals surface area contributed by atoms with Crippen LogP contribution in [0.2, 0.25) is 0 Å². The predicted molar refractivity (Wildman–Crippen MR) is 49.1 cm³/mol. The fourth-order valence-corrected chi connectivity index (χ4v) is 0.851. The van der Waals surface area contributed by atoms with Gasteiger partial charge in [-0.2, -0.15) is 0 Å². The minimum atomic E-state index is -0.391. The number of urea groups is 1. The molecule has 0 aromatic rings. The van der Waals surface area contributed by atoms with Crippen LogP contribution in [0.3, 0.4) is 0 Å². The lowest BCUT2D eigenvalue weighted by Gasteiger charge is -2.22. The fourth-order valence-electron chi connectivity index (χ4n) is 0.851. The Morgan fingerprint density at radius 3 is 2.17 bits per heavy atom. The third-order valence-electron chi connectivity index (χ3n) is 1.48. The maximum atomic E-state index is 10.8. The molecule has 0 bridgehead atoms. The SMILES string of the molecule is C/C=C(\NC(=O)NN)C(C)(C)C. The number of allylic oxidation sites excluding steroid dienone is 2. The molecule has 0 spiro atoms. The molecule has 4 N–H and O–H groups in total. The van der Waals surface area contributed by atoms with Gasteiger partial charge in [0.25, 0.3) is 0 Å². The molecule has 4 heteroatoms. The van der Waals surface area contributed by atoms with E-state index in [0.717, 1.165) is 5.70 Å². The number of nitrogens with one attached hydrogen (secondary N) is 2. The summed E-state index contributed by atoms with van der Waals surface area (Å²) >= 11 is 0. The summed E-state index contributed by atoms with van der Waals surface area (Å²) in [7, 11) is 0. The topological polar surface area (TPSA) is 67.2 Å². The van der Waals surface area contributed by atoms with Gasteiger partial charge >= 0.3 is 6.03 Å². The highest BCUT2D eigenvalue weighted by Crippen LogP contribution is 2.22. The number of carbonyl (C=O) groups is 1. The van der Waals surface area contributed by atoms with Crippen LogP contribution in [-0.2, 0) is 0 Å². The largest absolute Gasteiger partial charge is 0.333 e. The van der Waals surface area contributed by atoms with Crippen LogP contribution in [0.1, 0.15) is 27.7 Å². The lowest BCUT2D eigenvalue weighted by molar-refractivity contribution is 0.241. The number of carbonyl (C=O) groups excluding carboxylic acids is 1. The van der Waals surface area contributed by atoms with Crippen molar-refractivity contribution < 1.29 is 4.79 Å². The van der Waals surface area contributed by atoms with E-state index in [1.165, 1.54) is 0 Å². The van der Waals surface area contributed by atoms with Crippen molar-refractivity contribution in [2.24, 2.45) is 11.3 Å². The van der Waals surface area contributed by atoms with Crippen molar-refractivity contribution in [3.8, 4) is 0 Å². The molecule has 0 heterocycles. The second-order valence-electron chi connectivity index (χ2n) is 3.55. The third kappa shape index (κ3) is 3.39. The lowest BCUT2D eigenvalue weighted by atomic mass is 9.92. The summed E-state index contributed by atoms with van der Waals surface area (Å²) in [4.78, 5) is 10.8. The van der Waals surface area contributed by atoms with Crippen LogP contribution < -0.4 is 16.6 Å². The Morgan fingerprint density at radius 1 is 1.42 bits per heavy atom. The third-order valence-corrected chi connectivity index (χ3v) is 1.48. The van der Waals surface area contributed by atoms with Gasteiger partial charge < -0.3 is 5.32 Å². The first kappa shape index (κ1) is 11.0. The van der Waals surface area contributed by atoms with Crippen molar-refractivity contribution >= 4 is 6.03 Å². The average Bonchev–Trinajstić information content (AvgIpc) is 1.97. The summed E-state index contributed by atoms with van der Waals surface area (Å²) in [6, 6.07) is -0.391. The highest BCUT2D eigenvalue weighted by molar-refractivity contribution is 5.75. The monoisotopic (exact) mass is 171 g/mol. The van der Waals surface area contributed by atoms with Crippen LogP contribution in [0.5, 0.6) is 0 Å². The molecule has 0 saturated heterocycles. The van der Waals surface area contributed by atoms with Gasteiger partial charge in [0, 0.05) is 11.1 Å². The summed E-state index contributed by atoms with van der Waals surface area (Å²) in [6.45, 7) is 7.91. The Kier molecular flexibility index (Phi) is 3.76. The van der Waals surface area contributed by atoms with E-state index >= 15 is 0 Å². The Balaban J connectivity index is 4.32. The van der Waals surface area contributed by atoms with Crippen LogP contribution in [0, 0.1) is 5.41 Å². The number of hydrogen-bond donors (Lipinski definition) is 3. The van der Waals surface area contributed by atoms with Gasteiger partial charge in [-0.15, -0.1) is 0 Å². The summed E-state index contributed by atoms with van der Waals surface area (Å²) in [6.07, 6.45) is 1.86. The standard InChI is InChI=1S/C8H17N3O/c1-5-6(8(2,3)4)10-7(12)11-9/h5H,9H2,1-4H3,(H2,10,11,12)/b6-5-. The van der Waals surface area contributed by atoms with E-state index in [1.807, 2.05) is 39.2 Å². The summed E-state index contributed by atoms with van der Waals surface area (Å²) < 4.78 is 0. The molecule has 0 aromatic heterocycles. The first-order chi connectivity index (χ1) is 5.41. The van der Waals surface area contributed by atoms with Crippen LogP contribution >= 0.6 is 0 Å². The fraction of sp³-hybridized carbons (Fsp3) is 0.625. The van der Waals surface area contributed by atoms with Crippen molar-refractivity contribution in [2.75, 3.05) is 0 Å². The minimum absolute atomic E-state index is 0.0682. The number of hydrazine groups is 1. The first-order valence-corrected chi connectivity index (χ1v) is 3.86. The maximum Gasteiger partial charge on any atom is 0.333 e. The average molecular weight is 171 g/mol. The van der Waals surface area contributed by atoms with Gasteiger partial charge in [0.15, 0.2) is 0 Å². The molecule has 2 amide bonds. The smallest absolute Gasteiger partial charge is 0.310 e. The quantitative estimate of drug-likeness (QED) is 0.314. The molecule has 70 valence electrons. The normalized spacial score (nSPS) is 12.6. The molecule has 0 unspecified atom stereocenters. The van der Waals surface area contributed by atoms with Crippen molar-refractivity contribution in [1.82, 2.24) is 10.7 Å². The Morgan fingerprint density at radius 2 is 1.92 bits per heavy atom. The van der Waals surface area contributed by atoms with E-state index in [1.54, 1.807) is 0 Å². The number of hydrogen-bond acceptors (Lipinski definition) is 2.